The molecule has 0 fully saturated rings. The highest BCUT2D eigenvalue weighted by atomic mass is 79.9. The standard InChI is InChI=1S/C19H19BrO5/c1-12(2)8-9-24-15-5-3-4-14(10-15)19(23)25-17-7-6-13(18(21)22)11-16(17)20/h3-7,10-12H,8-9H2,1-2H3,(H,21,22). The summed E-state index contributed by atoms with van der Waals surface area (Å²) >= 11 is 3.21. The second-order valence-corrected chi connectivity index (χ2v) is 6.75. The number of esters is 1. The van der Waals surface area contributed by atoms with E-state index in [2.05, 4.69) is 29.8 Å². The highest BCUT2D eigenvalue weighted by Crippen LogP contribution is 2.27. The summed E-state index contributed by atoms with van der Waals surface area (Å²) in [5.74, 6) is -0.196. The largest absolute Gasteiger partial charge is 0.494 e. The third-order valence-electron chi connectivity index (χ3n) is 3.42. The Morgan fingerprint density at radius 3 is 2.52 bits per heavy atom. The lowest BCUT2D eigenvalue weighted by molar-refractivity contribution is 0.0696. The van der Waals surface area contributed by atoms with E-state index in [0.29, 0.717) is 28.3 Å². The number of carbonyl (C=O) groups excluding carboxylic acids is 1. The molecule has 6 heteroatoms. The van der Waals surface area contributed by atoms with Crippen LogP contribution in [-0.4, -0.2) is 23.7 Å². The Hall–Kier alpha value is -2.34. The number of carboxylic acid groups (broad SMARTS) is 1. The van der Waals surface area contributed by atoms with Crippen molar-refractivity contribution in [1.29, 1.82) is 0 Å². The van der Waals surface area contributed by atoms with Crippen molar-refractivity contribution in [1.82, 2.24) is 0 Å². The zero-order chi connectivity index (χ0) is 18.4. The first-order chi connectivity index (χ1) is 11.9. The maximum atomic E-state index is 12.3. The lowest BCUT2D eigenvalue weighted by Gasteiger charge is -2.10. The smallest absolute Gasteiger partial charge is 0.343 e. The van der Waals surface area contributed by atoms with E-state index >= 15 is 0 Å². The third kappa shape index (κ3) is 5.60. The van der Waals surface area contributed by atoms with Crippen molar-refractivity contribution in [2.75, 3.05) is 6.61 Å². The van der Waals surface area contributed by atoms with Crippen LogP contribution in [0.3, 0.4) is 0 Å². The molecule has 2 aromatic carbocycles. The van der Waals surface area contributed by atoms with Crippen LogP contribution in [0.2, 0.25) is 0 Å². The summed E-state index contributed by atoms with van der Waals surface area (Å²) < 4.78 is 11.4. The summed E-state index contributed by atoms with van der Waals surface area (Å²) in [6.07, 6.45) is 0.928. The van der Waals surface area contributed by atoms with Crippen LogP contribution in [-0.2, 0) is 0 Å². The molecule has 0 unspecified atom stereocenters. The fraction of sp³-hybridized carbons (Fsp3) is 0.263. The van der Waals surface area contributed by atoms with Gasteiger partial charge in [-0.05, 0) is 64.7 Å². The molecule has 25 heavy (non-hydrogen) atoms. The zero-order valence-electron chi connectivity index (χ0n) is 14.0. The lowest BCUT2D eigenvalue weighted by atomic mass is 10.1. The van der Waals surface area contributed by atoms with Crippen LogP contribution in [0.25, 0.3) is 0 Å². The molecule has 0 aliphatic carbocycles. The van der Waals surface area contributed by atoms with Gasteiger partial charge in [0.15, 0.2) is 0 Å². The molecule has 0 bridgehead atoms. The number of rotatable bonds is 7. The van der Waals surface area contributed by atoms with Gasteiger partial charge in [-0.3, -0.25) is 0 Å². The summed E-state index contributed by atoms with van der Waals surface area (Å²) in [5.41, 5.74) is 0.462. The molecule has 2 aromatic rings. The van der Waals surface area contributed by atoms with E-state index in [1.165, 1.54) is 18.2 Å². The van der Waals surface area contributed by atoms with Gasteiger partial charge in [0.1, 0.15) is 11.5 Å². The van der Waals surface area contributed by atoms with E-state index in [9.17, 15) is 9.59 Å². The van der Waals surface area contributed by atoms with Crippen LogP contribution in [0, 0.1) is 5.92 Å². The van der Waals surface area contributed by atoms with E-state index in [1.807, 2.05) is 0 Å². The van der Waals surface area contributed by atoms with Crippen molar-refractivity contribution >= 4 is 27.9 Å². The third-order valence-corrected chi connectivity index (χ3v) is 4.03. The molecule has 0 atom stereocenters. The summed E-state index contributed by atoms with van der Waals surface area (Å²) in [6, 6.07) is 11.0. The van der Waals surface area contributed by atoms with Crippen LogP contribution < -0.4 is 9.47 Å². The Balaban J connectivity index is 2.07. The van der Waals surface area contributed by atoms with Gasteiger partial charge in [0.25, 0.3) is 0 Å². The van der Waals surface area contributed by atoms with Crippen LogP contribution >= 0.6 is 15.9 Å². The maximum Gasteiger partial charge on any atom is 0.343 e. The van der Waals surface area contributed by atoms with Gasteiger partial charge in [-0.1, -0.05) is 19.9 Å². The van der Waals surface area contributed by atoms with Crippen molar-refractivity contribution in [2.45, 2.75) is 20.3 Å². The van der Waals surface area contributed by atoms with Gasteiger partial charge in [-0.2, -0.15) is 0 Å². The van der Waals surface area contributed by atoms with Crippen LogP contribution in [0.15, 0.2) is 46.9 Å². The lowest BCUT2D eigenvalue weighted by Crippen LogP contribution is -2.10. The fourth-order valence-corrected chi connectivity index (χ4v) is 2.46. The molecule has 0 saturated carbocycles. The molecule has 0 amide bonds. The SMILES string of the molecule is CC(C)CCOc1cccc(C(=O)Oc2ccc(C(=O)O)cc2Br)c1. The molecule has 0 saturated heterocycles. The molecular formula is C19H19BrO5. The highest BCUT2D eigenvalue weighted by molar-refractivity contribution is 9.10. The molecule has 0 aliphatic heterocycles. The predicted molar refractivity (Wildman–Crippen MR) is 97.5 cm³/mol. The molecule has 5 nitrogen and oxygen atoms in total. The number of aromatic carboxylic acids is 1. The number of hydrogen-bond donors (Lipinski definition) is 1. The predicted octanol–water partition coefficient (Wildman–Crippen LogP) is 4.79. The monoisotopic (exact) mass is 406 g/mol. The normalized spacial score (nSPS) is 10.6. The molecule has 0 aromatic heterocycles. The quantitative estimate of drug-likeness (QED) is 0.528. The van der Waals surface area contributed by atoms with Gasteiger partial charge in [0.2, 0.25) is 0 Å². The van der Waals surface area contributed by atoms with Crippen molar-refractivity contribution in [3.63, 3.8) is 0 Å². The number of ether oxygens (including phenoxy) is 2. The second kappa shape index (κ2) is 8.67. The summed E-state index contributed by atoms with van der Waals surface area (Å²) in [4.78, 5) is 23.2. The Labute approximate surface area is 154 Å². The number of benzene rings is 2. The van der Waals surface area contributed by atoms with Gasteiger partial charge in [-0.25, -0.2) is 9.59 Å². The van der Waals surface area contributed by atoms with Gasteiger partial charge in [-0.15, -0.1) is 0 Å². The minimum atomic E-state index is -1.05. The van der Waals surface area contributed by atoms with E-state index in [4.69, 9.17) is 14.6 Å². The first-order valence-electron chi connectivity index (χ1n) is 7.84. The summed E-state index contributed by atoms with van der Waals surface area (Å²) in [7, 11) is 0. The maximum absolute atomic E-state index is 12.3. The molecule has 2 rings (SSSR count). The van der Waals surface area contributed by atoms with Gasteiger partial charge < -0.3 is 14.6 Å². The molecule has 0 spiro atoms. The van der Waals surface area contributed by atoms with Crippen molar-refractivity contribution in [3.8, 4) is 11.5 Å². The van der Waals surface area contributed by atoms with Crippen molar-refractivity contribution in [2.24, 2.45) is 5.92 Å². The number of carboxylic acids is 1. The second-order valence-electron chi connectivity index (χ2n) is 5.90. The Bertz CT molecular complexity index is 770. The molecule has 1 N–H and O–H groups in total. The van der Waals surface area contributed by atoms with Crippen molar-refractivity contribution in [3.05, 3.63) is 58.1 Å². The minimum Gasteiger partial charge on any atom is -0.494 e. The Morgan fingerprint density at radius 2 is 1.88 bits per heavy atom. The summed E-state index contributed by atoms with van der Waals surface area (Å²) in [6.45, 7) is 4.81. The van der Waals surface area contributed by atoms with E-state index in [0.717, 1.165) is 6.42 Å². The van der Waals surface area contributed by atoms with Gasteiger partial charge >= 0.3 is 11.9 Å². The molecular weight excluding hydrogens is 388 g/mol. The molecule has 0 aliphatic rings. The average Bonchev–Trinajstić information content (AvgIpc) is 2.56. The molecule has 0 radical (unpaired) electrons. The number of hydrogen-bond acceptors (Lipinski definition) is 4. The first-order valence-corrected chi connectivity index (χ1v) is 8.64. The van der Waals surface area contributed by atoms with Crippen LogP contribution in [0.1, 0.15) is 41.0 Å². The van der Waals surface area contributed by atoms with E-state index in [1.54, 1.807) is 24.3 Å². The Morgan fingerprint density at radius 1 is 1.12 bits per heavy atom. The molecule has 0 heterocycles. The van der Waals surface area contributed by atoms with Crippen LogP contribution in [0.5, 0.6) is 11.5 Å². The summed E-state index contributed by atoms with van der Waals surface area (Å²) in [5, 5.41) is 8.95. The van der Waals surface area contributed by atoms with E-state index in [-0.39, 0.29) is 11.3 Å². The van der Waals surface area contributed by atoms with Gasteiger partial charge in [0, 0.05) is 0 Å². The fourth-order valence-electron chi connectivity index (χ4n) is 2.00. The average molecular weight is 407 g/mol. The zero-order valence-corrected chi connectivity index (χ0v) is 15.6. The topological polar surface area (TPSA) is 72.8 Å². The minimum absolute atomic E-state index is 0.104. The Kier molecular flexibility index (Phi) is 6.58. The van der Waals surface area contributed by atoms with E-state index < -0.39 is 11.9 Å². The van der Waals surface area contributed by atoms with Gasteiger partial charge in [0.05, 0.1) is 22.2 Å². The number of carbonyl (C=O) groups is 2. The number of halogens is 1. The van der Waals surface area contributed by atoms with Crippen LogP contribution in [0.4, 0.5) is 0 Å². The first kappa shape index (κ1) is 19.0. The highest BCUT2D eigenvalue weighted by Gasteiger charge is 2.14. The van der Waals surface area contributed by atoms with Crippen molar-refractivity contribution < 1.29 is 24.2 Å². The molecule has 132 valence electrons.